The Bertz CT molecular complexity index is 1380. The van der Waals surface area contributed by atoms with Crippen LogP contribution in [0.3, 0.4) is 0 Å². The van der Waals surface area contributed by atoms with Crippen molar-refractivity contribution < 1.29 is 9.59 Å². The molecule has 5 aromatic carbocycles. The molecule has 0 fully saturated rings. The standard InChI is InChI=1S/C30H22O2/c1-19-3-13-25-26-14-4-20(2)16-28(26)30(24-11-7-22(18-32)8-12-24)29(27(25)15-19)23-9-5-21(17-31)6-10-23/h3-18H,1-2H3. The van der Waals surface area contributed by atoms with E-state index < -0.39 is 0 Å². The molecule has 0 atom stereocenters. The fourth-order valence-electron chi connectivity index (χ4n) is 4.53. The SMILES string of the molecule is Cc1ccc2c(c1)c(-c1ccc(C=O)cc1)c(-c1ccc(C=O)cc1)c1cc(C)ccc12. The van der Waals surface area contributed by atoms with Gasteiger partial charge in [0.05, 0.1) is 0 Å². The predicted molar refractivity (Wildman–Crippen MR) is 133 cm³/mol. The van der Waals surface area contributed by atoms with E-state index in [1.54, 1.807) is 0 Å². The van der Waals surface area contributed by atoms with Crippen molar-refractivity contribution in [2.75, 3.05) is 0 Å². The molecule has 0 N–H and O–H groups in total. The van der Waals surface area contributed by atoms with Gasteiger partial charge in [0.25, 0.3) is 0 Å². The lowest BCUT2D eigenvalue weighted by atomic mass is 9.84. The van der Waals surface area contributed by atoms with Crippen LogP contribution in [0.15, 0.2) is 84.9 Å². The summed E-state index contributed by atoms with van der Waals surface area (Å²) in [7, 11) is 0. The number of benzene rings is 5. The average molecular weight is 415 g/mol. The zero-order chi connectivity index (χ0) is 22.2. The molecule has 0 unspecified atom stereocenters. The lowest BCUT2D eigenvalue weighted by molar-refractivity contribution is 0.111. The minimum absolute atomic E-state index is 0.655. The molecule has 32 heavy (non-hydrogen) atoms. The summed E-state index contributed by atoms with van der Waals surface area (Å²) in [5, 5.41) is 4.76. The van der Waals surface area contributed by atoms with Crippen molar-refractivity contribution in [3.8, 4) is 22.3 Å². The number of aldehydes is 2. The summed E-state index contributed by atoms with van der Waals surface area (Å²) in [5.41, 5.74) is 8.09. The molecule has 0 saturated heterocycles. The Morgan fingerprint density at radius 1 is 0.469 bits per heavy atom. The van der Waals surface area contributed by atoms with Gasteiger partial charge < -0.3 is 0 Å². The zero-order valence-corrected chi connectivity index (χ0v) is 18.1. The maximum atomic E-state index is 11.2. The second-order valence-corrected chi connectivity index (χ2v) is 8.33. The minimum atomic E-state index is 0.655. The smallest absolute Gasteiger partial charge is 0.150 e. The van der Waals surface area contributed by atoms with Crippen molar-refractivity contribution in [3.05, 3.63) is 107 Å². The number of aryl methyl sites for hydroxylation is 2. The van der Waals surface area contributed by atoms with E-state index in [9.17, 15) is 9.59 Å². The van der Waals surface area contributed by atoms with Crippen LogP contribution < -0.4 is 0 Å². The van der Waals surface area contributed by atoms with E-state index in [2.05, 4.69) is 50.2 Å². The van der Waals surface area contributed by atoms with E-state index >= 15 is 0 Å². The first kappa shape index (κ1) is 19.9. The van der Waals surface area contributed by atoms with Crippen LogP contribution in [0.4, 0.5) is 0 Å². The molecule has 0 spiro atoms. The van der Waals surface area contributed by atoms with Crippen LogP contribution in [0, 0.1) is 13.8 Å². The normalized spacial score (nSPS) is 11.1. The molecule has 154 valence electrons. The third kappa shape index (κ3) is 3.30. The predicted octanol–water partition coefficient (Wildman–Crippen LogP) is 7.57. The number of carbonyl (C=O) groups excluding carboxylic acids is 2. The van der Waals surface area contributed by atoms with Gasteiger partial charge in [-0.05, 0) is 57.6 Å². The summed E-state index contributed by atoms with van der Waals surface area (Å²) in [5.74, 6) is 0. The summed E-state index contributed by atoms with van der Waals surface area (Å²) in [4.78, 5) is 22.5. The highest BCUT2D eigenvalue weighted by molar-refractivity contribution is 6.21. The molecule has 0 bridgehead atoms. The zero-order valence-electron chi connectivity index (χ0n) is 18.1. The van der Waals surface area contributed by atoms with Gasteiger partial charge in [-0.3, -0.25) is 9.59 Å². The van der Waals surface area contributed by atoms with Crippen molar-refractivity contribution in [2.45, 2.75) is 13.8 Å². The Kier molecular flexibility index (Phi) is 4.91. The number of hydrogen-bond acceptors (Lipinski definition) is 2. The third-order valence-electron chi connectivity index (χ3n) is 6.10. The Balaban J connectivity index is 1.99. The largest absolute Gasteiger partial charge is 0.298 e. The van der Waals surface area contributed by atoms with Crippen molar-refractivity contribution >= 4 is 34.1 Å². The van der Waals surface area contributed by atoms with Gasteiger partial charge in [0, 0.05) is 11.1 Å². The monoisotopic (exact) mass is 414 g/mol. The quantitative estimate of drug-likeness (QED) is 0.224. The molecule has 0 saturated carbocycles. The topological polar surface area (TPSA) is 34.1 Å². The summed E-state index contributed by atoms with van der Waals surface area (Å²) in [6.45, 7) is 4.22. The highest BCUT2D eigenvalue weighted by atomic mass is 16.1. The Morgan fingerprint density at radius 3 is 1.19 bits per heavy atom. The van der Waals surface area contributed by atoms with Gasteiger partial charge in [-0.15, -0.1) is 0 Å². The first-order valence-electron chi connectivity index (χ1n) is 10.7. The van der Waals surface area contributed by atoms with Gasteiger partial charge >= 0.3 is 0 Å². The Labute approximate surface area is 187 Å². The van der Waals surface area contributed by atoms with Crippen molar-refractivity contribution in [2.24, 2.45) is 0 Å². The molecule has 0 heterocycles. The van der Waals surface area contributed by atoms with E-state index in [-0.39, 0.29) is 0 Å². The van der Waals surface area contributed by atoms with E-state index in [0.717, 1.165) is 34.8 Å². The molecule has 0 aromatic heterocycles. The highest BCUT2D eigenvalue weighted by Crippen LogP contribution is 2.45. The first-order valence-corrected chi connectivity index (χ1v) is 10.7. The number of hydrogen-bond donors (Lipinski definition) is 0. The van der Waals surface area contributed by atoms with Crippen LogP contribution in [0.1, 0.15) is 31.8 Å². The summed E-state index contributed by atoms with van der Waals surface area (Å²) in [6.07, 6.45) is 1.74. The van der Waals surface area contributed by atoms with Crippen LogP contribution in [0.2, 0.25) is 0 Å². The number of rotatable bonds is 4. The molecule has 2 heteroatoms. The first-order chi connectivity index (χ1) is 15.6. The summed E-state index contributed by atoms with van der Waals surface area (Å²) >= 11 is 0. The molecule has 0 radical (unpaired) electrons. The van der Waals surface area contributed by atoms with E-state index in [0.29, 0.717) is 11.1 Å². The average Bonchev–Trinajstić information content (AvgIpc) is 2.83. The molecular formula is C30H22O2. The van der Waals surface area contributed by atoms with Crippen LogP contribution in [-0.2, 0) is 0 Å². The molecule has 0 aliphatic rings. The van der Waals surface area contributed by atoms with Gasteiger partial charge in [-0.2, -0.15) is 0 Å². The number of carbonyl (C=O) groups is 2. The molecule has 0 aliphatic heterocycles. The maximum Gasteiger partial charge on any atom is 0.150 e. The lowest BCUT2D eigenvalue weighted by Crippen LogP contribution is -1.93. The summed E-state index contributed by atoms with van der Waals surface area (Å²) in [6, 6.07) is 28.7. The van der Waals surface area contributed by atoms with E-state index in [1.165, 1.54) is 32.7 Å². The molecule has 2 nitrogen and oxygen atoms in total. The van der Waals surface area contributed by atoms with Gasteiger partial charge in [-0.25, -0.2) is 0 Å². The molecule has 0 aliphatic carbocycles. The van der Waals surface area contributed by atoms with Crippen LogP contribution >= 0.6 is 0 Å². The second kappa shape index (κ2) is 7.90. The van der Waals surface area contributed by atoms with Crippen molar-refractivity contribution in [1.29, 1.82) is 0 Å². The fraction of sp³-hybridized carbons (Fsp3) is 0.0667. The van der Waals surface area contributed by atoms with Gasteiger partial charge in [0.2, 0.25) is 0 Å². The molecular weight excluding hydrogens is 392 g/mol. The van der Waals surface area contributed by atoms with Gasteiger partial charge in [0.1, 0.15) is 12.6 Å². The number of fused-ring (bicyclic) bond motifs is 3. The van der Waals surface area contributed by atoms with E-state index in [1.807, 2.05) is 48.5 Å². The minimum Gasteiger partial charge on any atom is -0.298 e. The van der Waals surface area contributed by atoms with Crippen LogP contribution in [0.5, 0.6) is 0 Å². The molecule has 0 amide bonds. The highest BCUT2D eigenvalue weighted by Gasteiger charge is 2.18. The van der Waals surface area contributed by atoms with E-state index in [4.69, 9.17) is 0 Å². The lowest BCUT2D eigenvalue weighted by Gasteiger charge is -2.19. The molecule has 5 aromatic rings. The molecule has 5 rings (SSSR count). The van der Waals surface area contributed by atoms with Crippen molar-refractivity contribution in [3.63, 3.8) is 0 Å². The van der Waals surface area contributed by atoms with Gasteiger partial charge in [0.15, 0.2) is 0 Å². The van der Waals surface area contributed by atoms with Crippen LogP contribution in [0.25, 0.3) is 43.8 Å². The Hall–Kier alpha value is -4.04. The second-order valence-electron chi connectivity index (χ2n) is 8.33. The maximum absolute atomic E-state index is 11.2. The van der Waals surface area contributed by atoms with Crippen molar-refractivity contribution in [1.82, 2.24) is 0 Å². The fourth-order valence-corrected chi connectivity index (χ4v) is 4.53. The van der Waals surface area contributed by atoms with Crippen LogP contribution in [-0.4, -0.2) is 12.6 Å². The van der Waals surface area contributed by atoms with Gasteiger partial charge in [-0.1, -0.05) is 96.1 Å². The Morgan fingerprint density at radius 2 is 0.844 bits per heavy atom. The summed E-state index contributed by atoms with van der Waals surface area (Å²) < 4.78 is 0. The third-order valence-corrected chi connectivity index (χ3v) is 6.10.